The summed E-state index contributed by atoms with van der Waals surface area (Å²) in [7, 11) is 0. The van der Waals surface area contributed by atoms with Gasteiger partial charge in [-0.3, -0.25) is 0 Å². The van der Waals surface area contributed by atoms with Crippen LogP contribution in [0.5, 0.6) is 0 Å². The Morgan fingerprint density at radius 1 is 1.21 bits per heavy atom. The number of aliphatic imine (C=N–C) groups is 1. The van der Waals surface area contributed by atoms with E-state index >= 15 is 0 Å². The fourth-order valence-electron chi connectivity index (χ4n) is 2.38. The van der Waals surface area contributed by atoms with Crippen molar-refractivity contribution in [2.75, 3.05) is 19.6 Å². The minimum Gasteiger partial charge on any atom is -0.383 e. The van der Waals surface area contributed by atoms with Crippen molar-refractivity contribution in [2.24, 2.45) is 4.99 Å². The number of guanidine groups is 1. The van der Waals surface area contributed by atoms with Crippen LogP contribution in [0.2, 0.25) is 0 Å². The van der Waals surface area contributed by atoms with Gasteiger partial charge >= 0.3 is 0 Å². The molecule has 1 aromatic carbocycles. The van der Waals surface area contributed by atoms with Crippen LogP contribution >= 0.6 is 11.3 Å². The molecular weight excluding hydrogens is 318 g/mol. The lowest BCUT2D eigenvalue weighted by atomic mass is 10.00. The quantitative estimate of drug-likeness (QED) is 0.391. The minimum absolute atomic E-state index is 0.331. The van der Waals surface area contributed by atoms with Crippen molar-refractivity contribution >= 4 is 17.3 Å². The molecule has 2 rings (SSSR count). The summed E-state index contributed by atoms with van der Waals surface area (Å²) in [4.78, 5) is 4.53. The summed E-state index contributed by atoms with van der Waals surface area (Å²) in [5, 5.41) is 21.1. The summed E-state index contributed by atoms with van der Waals surface area (Å²) in [5.41, 5.74) is 1.32. The van der Waals surface area contributed by atoms with Gasteiger partial charge in [-0.15, -0.1) is 0 Å². The van der Waals surface area contributed by atoms with Crippen molar-refractivity contribution in [3.05, 3.63) is 58.3 Å². The summed E-state index contributed by atoms with van der Waals surface area (Å²) in [6.07, 6.45) is 2.08. The van der Waals surface area contributed by atoms with Crippen LogP contribution < -0.4 is 10.6 Å². The van der Waals surface area contributed by atoms with Crippen LogP contribution in [0, 0.1) is 0 Å². The van der Waals surface area contributed by atoms with Gasteiger partial charge in [0.1, 0.15) is 5.60 Å². The third-order valence-electron chi connectivity index (χ3n) is 3.81. The van der Waals surface area contributed by atoms with Crippen LogP contribution in [0.3, 0.4) is 0 Å². The van der Waals surface area contributed by atoms with Gasteiger partial charge in [0.05, 0.1) is 6.54 Å². The maximum absolute atomic E-state index is 10.6. The molecule has 0 aliphatic rings. The zero-order valence-electron chi connectivity index (χ0n) is 14.5. The molecule has 3 N–H and O–H groups in total. The first-order chi connectivity index (χ1) is 11.6. The van der Waals surface area contributed by atoms with Gasteiger partial charge < -0.3 is 15.7 Å². The molecule has 1 aromatic heterocycles. The first-order valence-electron chi connectivity index (χ1n) is 8.43. The second-order valence-electron chi connectivity index (χ2n) is 6.00. The second-order valence-corrected chi connectivity index (χ2v) is 6.78. The number of hydrogen-bond donors (Lipinski definition) is 3. The number of nitrogens with zero attached hydrogens (tertiary/aromatic N) is 1. The average molecular weight is 346 g/mol. The molecule has 0 aliphatic heterocycles. The zero-order chi connectivity index (χ0) is 17.3. The van der Waals surface area contributed by atoms with E-state index in [2.05, 4.69) is 39.9 Å². The van der Waals surface area contributed by atoms with Crippen LogP contribution in [0.15, 0.2) is 52.2 Å². The number of benzene rings is 1. The van der Waals surface area contributed by atoms with Crippen LogP contribution in [0.4, 0.5) is 0 Å². The molecule has 0 amide bonds. The number of hydrogen-bond acceptors (Lipinski definition) is 3. The van der Waals surface area contributed by atoms with E-state index in [0.717, 1.165) is 37.5 Å². The molecule has 0 saturated heterocycles. The van der Waals surface area contributed by atoms with E-state index in [1.807, 2.05) is 29.8 Å². The summed E-state index contributed by atoms with van der Waals surface area (Å²) in [6, 6.07) is 12.4. The summed E-state index contributed by atoms with van der Waals surface area (Å²) in [5.74, 6) is 0.751. The van der Waals surface area contributed by atoms with Crippen molar-refractivity contribution in [1.82, 2.24) is 10.6 Å². The van der Waals surface area contributed by atoms with Crippen LogP contribution in [0.25, 0.3) is 0 Å². The molecular formula is C19H27N3OS. The standard InChI is InChI=1S/C19H27N3OS/c1-3-20-18(21-12-7-10-16-8-5-4-6-9-16)22-15-19(2,23)17-11-13-24-14-17/h4-6,8-9,11,13-14,23H,3,7,10,12,15H2,1-2H3,(H2,20,21,22). The zero-order valence-corrected chi connectivity index (χ0v) is 15.3. The molecule has 24 heavy (non-hydrogen) atoms. The van der Waals surface area contributed by atoms with Gasteiger partial charge in [0, 0.05) is 13.1 Å². The van der Waals surface area contributed by atoms with Crippen molar-refractivity contribution in [2.45, 2.75) is 32.3 Å². The Labute approximate surface area is 148 Å². The van der Waals surface area contributed by atoms with Gasteiger partial charge in [0.15, 0.2) is 5.96 Å². The Hall–Kier alpha value is -1.85. The number of rotatable bonds is 8. The van der Waals surface area contributed by atoms with Crippen molar-refractivity contribution < 1.29 is 5.11 Å². The molecule has 0 spiro atoms. The Kier molecular flexibility index (Phi) is 7.28. The van der Waals surface area contributed by atoms with Gasteiger partial charge in [0.2, 0.25) is 0 Å². The monoisotopic (exact) mass is 345 g/mol. The van der Waals surface area contributed by atoms with Crippen molar-refractivity contribution in [3.8, 4) is 0 Å². The molecule has 5 heteroatoms. The third-order valence-corrected chi connectivity index (χ3v) is 4.49. The summed E-state index contributed by atoms with van der Waals surface area (Å²) in [6.45, 7) is 5.82. The highest BCUT2D eigenvalue weighted by atomic mass is 32.1. The summed E-state index contributed by atoms with van der Waals surface area (Å²) < 4.78 is 0. The van der Waals surface area contributed by atoms with E-state index in [1.165, 1.54) is 5.56 Å². The maximum Gasteiger partial charge on any atom is 0.191 e. The molecule has 0 bridgehead atoms. The molecule has 2 aromatic rings. The van der Waals surface area contributed by atoms with Crippen LogP contribution in [-0.2, 0) is 12.0 Å². The Morgan fingerprint density at radius 2 is 2.00 bits per heavy atom. The highest BCUT2D eigenvalue weighted by Gasteiger charge is 2.23. The Morgan fingerprint density at radius 3 is 2.67 bits per heavy atom. The van der Waals surface area contributed by atoms with Crippen molar-refractivity contribution in [1.29, 1.82) is 0 Å². The number of nitrogens with one attached hydrogen (secondary N) is 2. The number of aryl methyl sites for hydroxylation is 1. The molecule has 0 radical (unpaired) electrons. The topological polar surface area (TPSA) is 56.7 Å². The lowest BCUT2D eigenvalue weighted by molar-refractivity contribution is 0.0677. The fraction of sp³-hybridized carbons (Fsp3) is 0.421. The lowest BCUT2D eigenvalue weighted by Crippen LogP contribution is -2.39. The van der Waals surface area contributed by atoms with Gasteiger partial charge in [-0.05, 0) is 54.6 Å². The number of aliphatic hydroxyl groups is 1. The molecule has 1 unspecified atom stereocenters. The normalized spacial score (nSPS) is 14.2. The molecule has 4 nitrogen and oxygen atoms in total. The first-order valence-corrected chi connectivity index (χ1v) is 9.37. The molecule has 1 atom stereocenters. The molecule has 0 fully saturated rings. The highest BCUT2D eigenvalue weighted by Crippen LogP contribution is 2.23. The van der Waals surface area contributed by atoms with E-state index < -0.39 is 5.60 Å². The SMILES string of the molecule is CCNC(=NCC(C)(O)c1ccsc1)NCCCc1ccccc1. The molecule has 0 aliphatic carbocycles. The van der Waals surface area contributed by atoms with E-state index in [0.29, 0.717) is 6.54 Å². The number of thiophene rings is 1. The molecule has 0 saturated carbocycles. The first kappa shape index (κ1) is 18.5. The summed E-state index contributed by atoms with van der Waals surface area (Å²) >= 11 is 1.59. The van der Waals surface area contributed by atoms with Gasteiger partial charge in [-0.1, -0.05) is 30.3 Å². The smallest absolute Gasteiger partial charge is 0.191 e. The van der Waals surface area contributed by atoms with Crippen LogP contribution in [-0.4, -0.2) is 30.7 Å². The van der Waals surface area contributed by atoms with E-state index in [-0.39, 0.29) is 0 Å². The average Bonchev–Trinajstić information content (AvgIpc) is 3.13. The van der Waals surface area contributed by atoms with Crippen LogP contribution in [0.1, 0.15) is 31.4 Å². The van der Waals surface area contributed by atoms with E-state index in [1.54, 1.807) is 18.3 Å². The second kappa shape index (κ2) is 9.45. The largest absolute Gasteiger partial charge is 0.383 e. The van der Waals surface area contributed by atoms with E-state index in [4.69, 9.17) is 0 Å². The predicted octanol–water partition coefficient (Wildman–Crippen LogP) is 3.14. The molecule has 130 valence electrons. The maximum atomic E-state index is 10.6. The predicted molar refractivity (Wildman–Crippen MR) is 103 cm³/mol. The third kappa shape index (κ3) is 5.98. The Balaban J connectivity index is 1.82. The highest BCUT2D eigenvalue weighted by molar-refractivity contribution is 7.08. The Bertz CT molecular complexity index is 609. The van der Waals surface area contributed by atoms with Gasteiger partial charge in [-0.25, -0.2) is 4.99 Å². The minimum atomic E-state index is -0.938. The van der Waals surface area contributed by atoms with Gasteiger partial charge in [-0.2, -0.15) is 11.3 Å². The fourth-order valence-corrected chi connectivity index (χ4v) is 3.16. The van der Waals surface area contributed by atoms with Crippen molar-refractivity contribution in [3.63, 3.8) is 0 Å². The lowest BCUT2D eigenvalue weighted by Gasteiger charge is -2.21. The van der Waals surface area contributed by atoms with E-state index in [9.17, 15) is 5.11 Å². The van der Waals surface area contributed by atoms with Gasteiger partial charge in [0.25, 0.3) is 0 Å². The molecule has 1 heterocycles.